The number of rotatable bonds is 5. The number of likely N-dealkylation sites (tertiary alicyclic amines) is 1. The van der Waals surface area contributed by atoms with Crippen molar-refractivity contribution in [1.82, 2.24) is 4.90 Å². The topological polar surface area (TPSA) is 82.4 Å². The summed E-state index contributed by atoms with van der Waals surface area (Å²) < 4.78 is 5.06. The molecular formula is C17H21N3O3. The van der Waals surface area contributed by atoms with Crippen LogP contribution in [0.1, 0.15) is 25.3 Å². The molecule has 122 valence electrons. The molecule has 1 fully saturated rings. The fraction of sp³-hybridized carbons (Fsp3) is 0.471. The van der Waals surface area contributed by atoms with Crippen LogP contribution in [0.3, 0.4) is 0 Å². The fourth-order valence-corrected chi connectivity index (χ4v) is 2.72. The number of hydrogen-bond acceptors (Lipinski definition) is 5. The zero-order valence-electron chi connectivity index (χ0n) is 13.2. The smallest absolute Gasteiger partial charge is 0.310 e. The van der Waals surface area contributed by atoms with Gasteiger partial charge in [-0.05, 0) is 44.5 Å². The maximum absolute atomic E-state index is 12.1. The summed E-state index contributed by atoms with van der Waals surface area (Å²) in [6.07, 6.45) is 1.68. The van der Waals surface area contributed by atoms with Crippen LogP contribution in [-0.2, 0) is 14.3 Å². The number of carbonyl (C=O) groups excluding carboxylic acids is 2. The largest absolute Gasteiger partial charge is 0.466 e. The highest BCUT2D eigenvalue weighted by molar-refractivity contribution is 5.92. The number of amides is 1. The van der Waals surface area contributed by atoms with Crippen molar-refractivity contribution in [3.63, 3.8) is 0 Å². The van der Waals surface area contributed by atoms with E-state index in [4.69, 9.17) is 10.00 Å². The van der Waals surface area contributed by atoms with Gasteiger partial charge in [-0.25, -0.2) is 0 Å². The summed E-state index contributed by atoms with van der Waals surface area (Å²) in [5, 5.41) is 11.7. The van der Waals surface area contributed by atoms with E-state index in [-0.39, 0.29) is 24.3 Å². The molecule has 6 heteroatoms. The summed E-state index contributed by atoms with van der Waals surface area (Å²) >= 11 is 0. The minimum Gasteiger partial charge on any atom is -0.466 e. The van der Waals surface area contributed by atoms with Crippen molar-refractivity contribution >= 4 is 17.6 Å². The molecule has 2 rings (SSSR count). The van der Waals surface area contributed by atoms with E-state index in [1.807, 2.05) is 11.0 Å². The molecule has 0 unspecified atom stereocenters. The minimum atomic E-state index is -0.181. The number of nitrogens with one attached hydrogen (secondary N) is 1. The average molecular weight is 315 g/mol. The van der Waals surface area contributed by atoms with Gasteiger partial charge >= 0.3 is 5.97 Å². The van der Waals surface area contributed by atoms with E-state index in [0.717, 1.165) is 19.4 Å². The number of benzene rings is 1. The Hall–Kier alpha value is -2.39. The number of anilines is 1. The lowest BCUT2D eigenvalue weighted by molar-refractivity contribution is -0.150. The Morgan fingerprint density at radius 2 is 2.30 bits per heavy atom. The second-order valence-corrected chi connectivity index (χ2v) is 5.57. The van der Waals surface area contributed by atoms with Crippen molar-refractivity contribution < 1.29 is 14.3 Å². The Labute approximate surface area is 136 Å². The van der Waals surface area contributed by atoms with Gasteiger partial charge in [-0.15, -0.1) is 0 Å². The first-order valence-corrected chi connectivity index (χ1v) is 7.81. The maximum Gasteiger partial charge on any atom is 0.310 e. The third-order valence-electron chi connectivity index (χ3n) is 3.77. The standard InChI is InChI=1S/C17H21N3O3/c1-2-23-17(22)14-6-4-8-20(11-14)12-16(21)19-15-7-3-5-13(9-15)10-18/h3,5,7,9,14H,2,4,6,8,11-12H2,1H3,(H,19,21)/t14-/m1/s1. The Kier molecular flexibility index (Phi) is 6.12. The lowest BCUT2D eigenvalue weighted by atomic mass is 9.98. The molecule has 1 N–H and O–H groups in total. The third kappa shape index (κ3) is 5.08. The van der Waals surface area contributed by atoms with Crippen molar-refractivity contribution in [3.8, 4) is 6.07 Å². The monoisotopic (exact) mass is 315 g/mol. The number of ether oxygens (including phenoxy) is 1. The van der Waals surface area contributed by atoms with Gasteiger partial charge in [0.25, 0.3) is 0 Å². The van der Waals surface area contributed by atoms with E-state index >= 15 is 0 Å². The summed E-state index contributed by atoms with van der Waals surface area (Å²) in [5.74, 6) is -0.484. The predicted octanol–water partition coefficient (Wildman–Crippen LogP) is 1.77. The fourth-order valence-electron chi connectivity index (χ4n) is 2.72. The molecule has 23 heavy (non-hydrogen) atoms. The quantitative estimate of drug-likeness (QED) is 0.837. The Morgan fingerprint density at radius 3 is 3.04 bits per heavy atom. The lowest BCUT2D eigenvalue weighted by Gasteiger charge is -2.30. The van der Waals surface area contributed by atoms with Crippen LogP contribution in [0, 0.1) is 17.2 Å². The molecule has 0 radical (unpaired) electrons. The second-order valence-electron chi connectivity index (χ2n) is 5.57. The van der Waals surface area contributed by atoms with E-state index in [0.29, 0.717) is 24.4 Å². The highest BCUT2D eigenvalue weighted by Crippen LogP contribution is 2.18. The number of piperidine rings is 1. The Balaban J connectivity index is 1.87. The maximum atomic E-state index is 12.1. The normalized spacial score (nSPS) is 18.0. The van der Waals surface area contributed by atoms with Crippen LogP contribution in [0.5, 0.6) is 0 Å². The van der Waals surface area contributed by atoms with Crippen LogP contribution in [0.2, 0.25) is 0 Å². The number of esters is 1. The number of nitrogens with zero attached hydrogens (tertiary/aromatic N) is 2. The van der Waals surface area contributed by atoms with Gasteiger partial charge in [0.15, 0.2) is 0 Å². The molecule has 1 amide bonds. The first-order valence-electron chi connectivity index (χ1n) is 7.81. The molecule has 1 aliphatic rings. The Morgan fingerprint density at radius 1 is 1.48 bits per heavy atom. The molecule has 1 saturated heterocycles. The molecule has 1 aromatic carbocycles. The van der Waals surface area contributed by atoms with Crippen molar-refractivity contribution in [3.05, 3.63) is 29.8 Å². The Bertz CT molecular complexity index is 609. The lowest BCUT2D eigenvalue weighted by Crippen LogP contribution is -2.43. The summed E-state index contributed by atoms with van der Waals surface area (Å²) in [7, 11) is 0. The molecule has 1 aliphatic heterocycles. The van der Waals surface area contributed by atoms with Gasteiger partial charge in [0.2, 0.25) is 5.91 Å². The zero-order valence-corrected chi connectivity index (χ0v) is 13.2. The van der Waals surface area contributed by atoms with Crippen molar-refractivity contribution in [2.45, 2.75) is 19.8 Å². The van der Waals surface area contributed by atoms with Crippen LogP contribution < -0.4 is 5.32 Å². The van der Waals surface area contributed by atoms with Crippen molar-refractivity contribution in [1.29, 1.82) is 5.26 Å². The van der Waals surface area contributed by atoms with Gasteiger partial charge in [0, 0.05) is 12.2 Å². The van der Waals surface area contributed by atoms with Gasteiger partial charge in [0.05, 0.1) is 30.7 Å². The van der Waals surface area contributed by atoms with E-state index in [1.165, 1.54) is 0 Å². The highest BCUT2D eigenvalue weighted by atomic mass is 16.5. The molecule has 1 atom stereocenters. The van der Waals surface area contributed by atoms with Crippen molar-refractivity contribution in [2.75, 3.05) is 31.6 Å². The van der Waals surface area contributed by atoms with Crippen LogP contribution in [0.25, 0.3) is 0 Å². The molecule has 1 aromatic rings. The van der Waals surface area contributed by atoms with Crippen molar-refractivity contribution in [2.24, 2.45) is 5.92 Å². The minimum absolute atomic E-state index is 0.149. The number of hydrogen-bond donors (Lipinski definition) is 1. The molecule has 0 aliphatic carbocycles. The number of carbonyl (C=O) groups is 2. The van der Waals surface area contributed by atoms with E-state index in [1.54, 1.807) is 31.2 Å². The van der Waals surface area contributed by atoms with Gasteiger partial charge in [-0.1, -0.05) is 6.07 Å². The second kappa shape index (κ2) is 8.30. The van der Waals surface area contributed by atoms with Crippen LogP contribution in [-0.4, -0.2) is 43.0 Å². The summed E-state index contributed by atoms with van der Waals surface area (Å²) in [6, 6.07) is 8.83. The summed E-state index contributed by atoms with van der Waals surface area (Å²) in [4.78, 5) is 25.9. The van der Waals surface area contributed by atoms with Gasteiger partial charge in [0.1, 0.15) is 0 Å². The van der Waals surface area contributed by atoms with Gasteiger partial charge < -0.3 is 10.1 Å². The third-order valence-corrected chi connectivity index (χ3v) is 3.77. The molecule has 0 bridgehead atoms. The van der Waals surface area contributed by atoms with Crippen LogP contribution >= 0.6 is 0 Å². The highest BCUT2D eigenvalue weighted by Gasteiger charge is 2.27. The van der Waals surface area contributed by atoms with E-state index in [2.05, 4.69) is 5.32 Å². The van der Waals surface area contributed by atoms with Gasteiger partial charge in [-0.3, -0.25) is 14.5 Å². The molecule has 0 saturated carbocycles. The molecular weight excluding hydrogens is 294 g/mol. The zero-order chi connectivity index (χ0) is 16.7. The van der Waals surface area contributed by atoms with Crippen LogP contribution in [0.4, 0.5) is 5.69 Å². The molecule has 1 heterocycles. The first kappa shape index (κ1) is 17.0. The van der Waals surface area contributed by atoms with E-state index in [9.17, 15) is 9.59 Å². The molecule has 0 aromatic heterocycles. The van der Waals surface area contributed by atoms with Crippen LogP contribution in [0.15, 0.2) is 24.3 Å². The number of nitriles is 1. The first-order chi connectivity index (χ1) is 11.1. The SMILES string of the molecule is CCOC(=O)[C@@H]1CCCN(CC(=O)Nc2cccc(C#N)c2)C1. The predicted molar refractivity (Wildman–Crippen MR) is 85.6 cm³/mol. The van der Waals surface area contributed by atoms with E-state index < -0.39 is 0 Å². The summed E-state index contributed by atoms with van der Waals surface area (Å²) in [6.45, 7) is 3.74. The average Bonchev–Trinajstić information content (AvgIpc) is 2.55. The summed E-state index contributed by atoms with van der Waals surface area (Å²) in [5.41, 5.74) is 1.11. The molecule has 0 spiro atoms. The molecule has 6 nitrogen and oxygen atoms in total. The van der Waals surface area contributed by atoms with Gasteiger partial charge in [-0.2, -0.15) is 5.26 Å².